The summed E-state index contributed by atoms with van der Waals surface area (Å²) < 4.78 is 4.81. The van der Waals surface area contributed by atoms with E-state index in [0.29, 0.717) is 0 Å². The Morgan fingerprint density at radius 3 is 2.50 bits per heavy atom. The summed E-state index contributed by atoms with van der Waals surface area (Å²) in [5.41, 5.74) is 1.79. The standard InChI is InChI=1S/C6H12O5.C3H3NS/c7-1-4-6(10)5(9)3(8)2-11-4;1-2-5-3-4-1/h3-10H,1-2H2;1-3H/t3-,4+,5+,6+;/m0./s1. The van der Waals surface area contributed by atoms with Crippen LogP contribution in [0.1, 0.15) is 0 Å². The Morgan fingerprint density at radius 1 is 1.31 bits per heavy atom. The molecule has 7 heteroatoms. The van der Waals surface area contributed by atoms with Crippen LogP contribution in [0.3, 0.4) is 0 Å². The number of aromatic nitrogens is 1. The summed E-state index contributed by atoms with van der Waals surface area (Å²) in [4.78, 5) is 3.74. The monoisotopic (exact) mass is 249 g/mol. The van der Waals surface area contributed by atoms with Crippen LogP contribution in [0, 0.1) is 0 Å². The highest BCUT2D eigenvalue weighted by Gasteiger charge is 2.36. The summed E-state index contributed by atoms with van der Waals surface area (Å²) in [6, 6.07) is 0. The van der Waals surface area contributed by atoms with E-state index in [0.717, 1.165) is 0 Å². The van der Waals surface area contributed by atoms with Crippen LogP contribution in [0.5, 0.6) is 0 Å². The predicted molar refractivity (Wildman–Crippen MR) is 57.0 cm³/mol. The van der Waals surface area contributed by atoms with Crippen molar-refractivity contribution in [3.8, 4) is 0 Å². The summed E-state index contributed by atoms with van der Waals surface area (Å²) >= 11 is 1.60. The highest BCUT2D eigenvalue weighted by molar-refractivity contribution is 7.07. The molecule has 4 N–H and O–H groups in total. The fourth-order valence-electron chi connectivity index (χ4n) is 1.20. The molecule has 0 aliphatic carbocycles. The molecule has 1 saturated heterocycles. The van der Waals surface area contributed by atoms with Gasteiger partial charge in [0.2, 0.25) is 0 Å². The van der Waals surface area contributed by atoms with Gasteiger partial charge in [0, 0.05) is 11.6 Å². The van der Waals surface area contributed by atoms with E-state index in [1.54, 1.807) is 23.0 Å². The van der Waals surface area contributed by atoms with Crippen molar-refractivity contribution in [2.45, 2.75) is 24.4 Å². The van der Waals surface area contributed by atoms with E-state index in [2.05, 4.69) is 4.98 Å². The number of nitrogens with zero attached hydrogens (tertiary/aromatic N) is 1. The molecule has 0 bridgehead atoms. The summed E-state index contributed by atoms with van der Waals surface area (Å²) in [5.74, 6) is 0. The third-order valence-corrected chi connectivity index (χ3v) is 2.66. The maximum Gasteiger partial charge on any atom is 0.111 e. The Balaban J connectivity index is 0.000000212. The second kappa shape index (κ2) is 6.89. The van der Waals surface area contributed by atoms with Crippen molar-refractivity contribution in [3.63, 3.8) is 0 Å². The van der Waals surface area contributed by atoms with Crippen molar-refractivity contribution in [1.29, 1.82) is 0 Å². The average molecular weight is 249 g/mol. The van der Waals surface area contributed by atoms with Crippen molar-refractivity contribution in [2.24, 2.45) is 0 Å². The number of thiazole rings is 1. The van der Waals surface area contributed by atoms with Gasteiger partial charge in [-0.3, -0.25) is 4.98 Å². The summed E-state index contributed by atoms with van der Waals surface area (Å²) in [5, 5.41) is 37.6. The summed E-state index contributed by atoms with van der Waals surface area (Å²) in [7, 11) is 0. The zero-order valence-corrected chi connectivity index (χ0v) is 9.32. The van der Waals surface area contributed by atoms with E-state index < -0.39 is 24.4 Å². The molecule has 0 amide bonds. The van der Waals surface area contributed by atoms with Crippen molar-refractivity contribution >= 4 is 11.3 Å². The molecule has 0 saturated carbocycles. The van der Waals surface area contributed by atoms with Gasteiger partial charge in [0.1, 0.15) is 24.4 Å². The minimum atomic E-state index is -1.22. The Labute approximate surface area is 96.8 Å². The first kappa shape index (κ1) is 13.5. The first-order valence-corrected chi connectivity index (χ1v) is 5.70. The second-order valence-corrected chi connectivity index (χ2v) is 4.03. The van der Waals surface area contributed by atoms with Crippen LogP contribution in [0.25, 0.3) is 0 Å². The molecule has 6 nitrogen and oxygen atoms in total. The zero-order valence-electron chi connectivity index (χ0n) is 8.51. The summed E-state index contributed by atoms with van der Waals surface area (Å²) in [6.45, 7) is -0.408. The number of hydrogen-bond acceptors (Lipinski definition) is 7. The number of aliphatic hydroxyl groups excluding tert-OH is 4. The summed E-state index contributed by atoms with van der Waals surface area (Å²) in [6.07, 6.45) is -2.50. The molecule has 1 aliphatic rings. The van der Waals surface area contributed by atoms with Crippen LogP contribution in [0.4, 0.5) is 0 Å². The Morgan fingerprint density at radius 2 is 2.06 bits per heavy atom. The Kier molecular flexibility index (Phi) is 5.81. The molecule has 1 aromatic heterocycles. The fraction of sp³-hybridized carbons (Fsp3) is 0.667. The second-order valence-electron chi connectivity index (χ2n) is 3.28. The molecule has 92 valence electrons. The van der Waals surface area contributed by atoms with Gasteiger partial charge in [0.15, 0.2) is 0 Å². The van der Waals surface area contributed by atoms with E-state index in [1.807, 2.05) is 5.38 Å². The van der Waals surface area contributed by atoms with E-state index >= 15 is 0 Å². The maximum atomic E-state index is 9.11. The first-order chi connectivity index (χ1) is 7.66. The fourth-order valence-corrected chi connectivity index (χ4v) is 1.55. The molecule has 0 aromatic carbocycles. The molecule has 1 aromatic rings. The lowest BCUT2D eigenvalue weighted by Gasteiger charge is -2.34. The van der Waals surface area contributed by atoms with E-state index in [1.165, 1.54) is 0 Å². The van der Waals surface area contributed by atoms with Crippen LogP contribution in [-0.4, -0.2) is 63.0 Å². The molecular weight excluding hydrogens is 234 g/mol. The van der Waals surface area contributed by atoms with Crippen molar-refractivity contribution in [3.05, 3.63) is 17.1 Å². The molecule has 4 atom stereocenters. The van der Waals surface area contributed by atoms with E-state index in [9.17, 15) is 0 Å². The van der Waals surface area contributed by atoms with E-state index in [-0.39, 0.29) is 13.2 Å². The average Bonchev–Trinajstić information content (AvgIpc) is 2.85. The molecular formula is C9H15NO5S. The zero-order chi connectivity index (χ0) is 12.0. The molecule has 2 heterocycles. The Hall–Kier alpha value is -0.570. The van der Waals surface area contributed by atoms with Crippen LogP contribution in [-0.2, 0) is 4.74 Å². The van der Waals surface area contributed by atoms with Gasteiger partial charge in [-0.2, -0.15) is 0 Å². The molecule has 16 heavy (non-hydrogen) atoms. The highest BCUT2D eigenvalue weighted by atomic mass is 32.1. The van der Waals surface area contributed by atoms with Gasteiger partial charge < -0.3 is 25.2 Å². The van der Waals surface area contributed by atoms with Crippen LogP contribution >= 0.6 is 11.3 Å². The SMILES string of the molecule is OC[C@H]1OC[C@H](O)[C@@H](O)[C@@H]1O.c1cscn1. The van der Waals surface area contributed by atoms with Gasteiger partial charge in [-0.15, -0.1) is 11.3 Å². The van der Waals surface area contributed by atoms with Crippen LogP contribution in [0.2, 0.25) is 0 Å². The quantitative estimate of drug-likeness (QED) is 0.488. The van der Waals surface area contributed by atoms with Crippen molar-refractivity contribution in [1.82, 2.24) is 4.98 Å². The van der Waals surface area contributed by atoms with Gasteiger partial charge in [0.05, 0.1) is 18.7 Å². The van der Waals surface area contributed by atoms with Gasteiger partial charge >= 0.3 is 0 Å². The molecule has 0 spiro atoms. The first-order valence-electron chi connectivity index (χ1n) is 4.75. The molecule has 0 radical (unpaired) electrons. The molecule has 0 unspecified atom stereocenters. The lowest BCUT2D eigenvalue weighted by molar-refractivity contribution is -0.195. The lowest BCUT2D eigenvalue weighted by atomic mass is 10.0. The van der Waals surface area contributed by atoms with Crippen molar-refractivity contribution in [2.75, 3.05) is 13.2 Å². The van der Waals surface area contributed by atoms with Crippen LogP contribution in [0.15, 0.2) is 17.1 Å². The van der Waals surface area contributed by atoms with Crippen LogP contribution < -0.4 is 0 Å². The highest BCUT2D eigenvalue weighted by Crippen LogP contribution is 2.14. The minimum Gasteiger partial charge on any atom is -0.394 e. The molecule has 1 fully saturated rings. The minimum absolute atomic E-state index is 0.0521. The number of ether oxygens (including phenoxy) is 1. The number of rotatable bonds is 1. The third-order valence-electron chi connectivity index (χ3n) is 2.13. The lowest BCUT2D eigenvalue weighted by Crippen LogP contribution is -2.53. The van der Waals surface area contributed by atoms with Gasteiger partial charge in [0.25, 0.3) is 0 Å². The predicted octanol–water partition coefficient (Wildman–Crippen LogP) is -1.40. The van der Waals surface area contributed by atoms with Gasteiger partial charge in [-0.05, 0) is 0 Å². The number of hydrogen-bond donors (Lipinski definition) is 4. The topological polar surface area (TPSA) is 103 Å². The Bertz CT molecular complexity index is 252. The smallest absolute Gasteiger partial charge is 0.111 e. The van der Waals surface area contributed by atoms with Crippen molar-refractivity contribution < 1.29 is 25.2 Å². The van der Waals surface area contributed by atoms with Gasteiger partial charge in [-0.1, -0.05) is 0 Å². The number of aliphatic hydroxyl groups is 4. The maximum absolute atomic E-state index is 9.11. The molecule has 2 rings (SSSR count). The van der Waals surface area contributed by atoms with E-state index in [4.69, 9.17) is 25.2 Å². The third kappa shape index (κ3) is 3.78. The van der Waals surface area contributed by atoms with Gasteiger partial charge in [-0.25, -0.2) is 0 Å². The molecule has 1 aliphatic heterocycles. The normalized spacial score (nSPS) is 34.0. The largest absolute Gasteiger partial charge is 0.394 e.